The van der Waals surface area contributed by atoms with E-state index in [0.717, 1.165) is 24.8 Å². The highest BCUT2D eigenvalue weighted by Gasteiger charge is 2.26. The number of ether oxygens (including phenoxy) is 3. The van der Waals surface area contributed by atoms with Gasteiger partial charge in [0.15, 0.2) is 18.1 Å². The van der Waals surface area contributed by atoms with Crippen LogP contribution >= 0.6 is 0 Å². The van der Waals surface area contributed by atoms with E-state index >= 15 is 0 Å². The standard InChI is InChI=1S/C24H32N2O6S/c1-17-14-20(33(28,29)26-12-6-5-7-13-26)9-11-21(17)32-16-24(27)25-18(2)19-8-10-22(30-3)23(15-19)31-4/h8-11,14-15,18H,5-7,12-13,16H2,1-4H3,(H,25,27)/t18-/m0/s1. The molecule has 8 nitrogen and oxygen atoms in total. The van der Waals surface area contributed by atoms with Gasteiger partial charge in [0.1, 0.15) is 5.75 Å². The average Bonchev–Trinajstić information content (AvgIpc) is 2.83. The summed E-state index contributed by atoms with van der Waals surface area (Å²) in [6, 6.07) is 9.95. The molecule has 2 aromatic rings. The molecule has 1 heterocycles. The number of piperidine rings is 1. The number of methoxy groups -OCH3 is 2. The third-order valence-electron chi connectivity index (χ3n) is 5.74. The zero-order chi connectivity index (χ0) is 24.0. The predicted molar refractivity (Wildman–Crippen MR) is 125 cm³/mol. The maximum atomic E-state index is 12.9. The fourth-order valence-corrected chi connectivity index (χ4v) is 5.43. The number of nitrogens with zero attached hydrogens (tertiary/aromatic N) is 1. The molecule has 0 bridgehead atoms. The summed E-state index contributed by atoms with van der Waals surface area (Å²) >= 11 is 0. The SMILES string of the molecule is COc1ccc([C@H](C)NC(=O)COc2ccc(S(=O)(=O)N3CCCCC3)cc2C)cc1OC. The summed E-state index contributed by atoms with van der Waals surface area (Å²) < 4.78 is 43.5. The zero-order valence-electron chi connectivity index (χ0n) is 19.6. The minimum atomic E-state index is -3.51. The predicted octanol–water partition coefficient (Wildman–Crippen LogP) is 3.44. The van der Waals surface area contributed by atoms with Gasteiger partial charge in [-0.05, 0) is 68.1 Å². The largest absolute Gasteiger partial charge is 0.493 e. The summed E-state index contributed by atoms with van der Waals surface area (Å²) in [6.07, 6.45) is 2.83. The highest BCUT2D eigenvalue weighted by atomic mass is 32.2. The van der Waals surface area contributed by atoms with Gasteiger partial charge in [-0.15, -0.1) is 0 Å². The van der Waals surface area contributed by atoms with Gasteiger partial charge in [0.2, 0.25) is 10.0 Å². The Kier molecular flexibility index (Phi) is 8.20. The zero-order valence-corrected chi connectivity index (χ0v) is 20.4. The number of hydrogen-bond donors (Lipinski definition) is 1. The number of benzene rings is 2. The van der Waals surface area contributed by atoms with Crippen LogP contribution in [-0.4, -0.2) is 52.5 Å². The first-order valence-corrected chi connectivity index (χ1v) is 12.4. The van der Waals surface area contributed by atoms with E-state index in [0.29, 0.717) is 35.9 Å². The molecule has 0 spiro atoms. The van der Waals surface area contributed by atoms with E-state index in [2.05, 4.69) is 5.32 Å². The molecule has 0 aliphatic carbocycles. The minimum absolute atomic E-state index is 0.184. The van der Waals surface area contributed by atoms with Crippen LogP contribution in [0, 0.1) is 6.92 Å². The van der Waals surface area contributed by atoms with Crippen molar-refractivity contribution >= 4 is 15.9 Å². The molecule has 1 atom stereocenters. The number of carbonyl (C=O) groups excluding carboxylic acids is 1. The van der Waals surface area contributed by atoms with Crippen molar-refractivity contribution in [3.8, 4) is 17.2 Å². The van der Waals surface area contributed by atoms with Crippen molar-refractivity contribution < 1.29 is 27.4 Å². The number of hydrogen-bond acceptors (Lipinski definition) is 6. The van der Waals surface area contributed by atoms with E-state index < -0.39 is 10.0 Å². The molecule has 1 amide bonds. The van der Waals surface area contributed by atoms with Crippen LogP contribution in [0.2, 0.25) is 0 Å². The van der Waals surface area contributed by atoms with Crippen LogP contribution in [0.25, 0.3) is 0 Å². The Morgan fingerprint density at radius 1 is 1.00 bits per heavy atom. The Labute approximate surface area is 195 Å². The van der Waals surface area contributed by atoms with Gasteiger partial charge in [0.25, 0.3) is 5.91 Å². The Balaban J connectivity index is 1.60. The third-order valence-corrected chi connectivity index (χ3v) is 7.64. The minimum Gasteiger partial charge on any atom is -0.493 e. The Hall–Kier alpha value is -2.78. The van der Waals surface area contributed by atoms with Crippen molar-refractivity contribution in [2.45, 2.75) is 44.0 Å². The first-order chi connectivity index (χ1) is 15.8. The molecule has 0 unspecified atom stereocenters. The van der Waals surface area contributed by atoms with Gasteiger partial charge in [-0.3, -0.25) is 4.79 Å². The topological polar surface area (TPSA) is 94.2 Å². The Morgan fingerprint density at radius 2 is 1.67 bits per heavy atom. The fourth-order valence-electron chi connectivity index (χ4n) is 3.83. The summed E-state index contributed by atoms with van der Waals surface area (Å²) in [5, 5.41) is 2.89. The molecular formula is C24H32N2O6S. The molecular weight excluding hydrogens is 444 g/mol. The number of aryl methyl sites for hydroxylation is 1. The quantitative estimate of drug-likeness (QED) is 0.596. The maximum absolute atomic E-state index is 12.9. The lowest BCUT2D eigenvalue weighted by molar-refractivity contribution is -0.123. The van der Waals surface area contributed by atoms with Gasteiger partial charge in [0, 0.05) is 13.1 Å². The van der Waals surface area contributed by atoms with Gasteiger partial charge in [-0.25, -0.2) is 8.42 Å². The van der Waals surface area contributed by atoms with Crippen LogP contribution in [0.5, 0.6) is 17.2 Å². The third kappa shape index (κ3) is 5.97. The van der Waals surface area contributed by atoms with Gasteiger partial charge in [-0.2, -0.15) is 4.31 Å². The van der Waals surface area contributed by atoms with Crippen LogP contribution in [0.15, 0.2) is 41.3 Å². The molecule has 33 heavy (non-hydrogen) atoms. The van der Waals surface area contributed by atoms with Crippen molar-refractivity contribution in [3.05, 3.63) is 47.5 Å². The lowest BCUT2D eigenvalue weighted by Crippen LogP contribution is -2.35. The first-order valence-electron chi connectivity index (χ1n) is 11.0. The van der Waals surface area contributed by atoms with E-state index in [4.69, 9.17) is 14.2 Å². The van der Waals surface area contributed by atoms with Gasteiger partial charge in [0.05, 0.1) is 25.2 Å². The van der Waals surface area contributed by atoms with E-state index in [9.17, 15) is 13.2 Å². The molecule has 3 rings (SSSR count). The normalized spacial score (nSPS) is 15.5. The summed E-state index contributed by atoms with van der Waals surface area (Å²) in [4.78, 5) is 12.7. The van der Waals surface area contributed by atoms with Crippen molar-refractivity contribution in [1.82, 2.24) is 9.62 Å². The van der Waals surface area contributed by atoms with E-state index in [1.165, 1.54) is 10.4 Å². The summed E-state index contributed by atoms with van der Waals surface area (Å²) in [5.74, 6) is 1.38. The summed E-state index contributed by atoms with van der Waals surface area (Å²) in [6.45, 7) is 4.56. The van der Waals surface area contributed by atoms with Crippen LogP contribution in [0.1, 0.15) is 43.4 Å². The number of nitrogens with one attached hydrogen (secondary N) is 1. The first kappa shape index (κ1) is 24.9. The second-order valence-electron chi connectivity index (χ2n) is 8.08. The Bertz CT molecular complexity index is 1080. The van der Waals surface area contributed by atoms with Gasteiger partial charge < -0.3 is 19.5 Å². The van der Waals surface area contributed by atoms with Crippen molar-refractivity contribution in [1.29, 1.82) is 0 Å². The number of carbonyl (C=O) groups is 1. The van der Waals surface area contributed by atoms with Crippen molar-refractivity contribution in [2.24, 2.45) is 0 Å². The van der Waals surface area contributed by atoms with Crippen LogP contribution in [0.4, 0.5) is 0 Å². The highest BCUT2D eigenvalue weighted by Crippen LogP contribution is 2.30. The van der Waals surface area contributed by atoms with E-state index in [1.807, 2.05) is 19.1 Å². The number of sulfonamides is 1. The van der Waals surface area contributed by atoms with Crippen molar-refractivity contribution in [3.63, 3.8) is 0 Å². The molecule has 1 aliphatic heterocycles. The second-order valence-corrected chi connectivity index (χ2v) is 10.0. The lowest BCUT2D eigenvalue weighted by atomic mass is 10.1. The van der Waals surface area contributed by atoms with E-state index in [1.54, 1.807) is 39.3 Å². The Morgan fingerprint density at radius 3 is 2.30 bits per heavy atom. The molecule has 0 saturated carbocycles. The highest BCUT2D eigenvalue weighted by molar-refractivity contribution is 7.89. The number of amides is 1. The lowest BCUT2D eigenvalue weighted by Gasteiger charge is -2.26. The average molecular weight is 477 g/mol. The van der Waals surface area contributed by atoms with E-state index in [-0.39, 0.29) is 23.5 Å². The molecule has 1 fully saturated rings. The molecule has 1 aliphatic rings. The second kappa shape index (κ2) is 10.9. The smallest absolute Gasteiger partial charge is 0.258 e. The van der Waals surface area contributed by atoms with Crippen LogP contribution in [-0.2, 0) is 14.8 Å². The van der Waals surface area contributed by atoms with Crippen molar-refractivity contribution in [2.75, 3.05) is 33.9 Å². The van der Waals surface area contributed by atoms with Gasteiger partial charge in [-0.1, -0.05) is 12.5 Å². The molecule has 180 valence electrons. The molecule has 1 N–H and O–H groups in total. The molecule has 2 aromatic carbocycles. The van der Waals surface area contributed by atoms with Gasteiger partial charge >= 0.3 is 0 Å². The molecule has 0 aromatic heterocycles. The molecule has 9 heteroatoms. The van der Waals surface area contributed by atoms with Crippen LogP contribution in [0.3, 0.4) is 0 Å². The molecule has 1 saturated heterocycles. The fraction of sp³-hybridized carbons (Fsp3) is 0.458. The summed E-state index contributed by atoms with van der Waals surface area (Å²) in [7, 11) is -0.384. The maximum Gasteiger partial charge on any atom is 0.258 e. The van der Waals surface area contributed by atoms with Crippen LogP contribution < -0.4 is 19.5 Å². The molecule has 0 radical (unpaired) electrons. The number of rotatable bonds is 9. The summed E-state index contributed by atoms with van der Waals surface area (Å²) in [5.41, 5.74) is 1.53. The monoisotopic (exact) mass is 476 g/mol.